The predicted molar refractivity (Wildman–Crippen MR) is 113 cm³/mol. The number of aromatic nitrogens is 1. The van der Waals surface area contributed by atoms with E-state index in [1.54, 1.807) is 44.3 Å². The number of hydrogen-bond donors (Lipinski definition) is 1. The molecular formula is C24H23F3N2O2. The van der Waals surface area contributed by atoms with Crippen LogP contribution in [0.1, 0.15) is 54.1 Å². The third-order valence-corrected chi connectivity index (χ3v) is 4.87. The Morgan fingerprint density at radius 2 is 1.68 bits per heavy atom. The quantitative estimate of drug-likeness (QED) is 0.512. The monoisotopic (exact) mass is 428 g/mol. The van der Waals surface area contributed by atoms with Crippen LogP contribution in [0, 0.1) is 0 Å². The number of rotatable bonds is 7. The molecule has 0 saturated heterocycles. The first-order valence-electron chi connectivity index (χ1n) is 9.98. The molecule has 0 fully saturated rings. The highest BCUT2D eigenvalue weighted by atomic mass is 19.4. The Morgan fingerprint density at radius 3 is 2.32 bits per heavy atom. The minimum absolute atomic E-state index is 0.156. The summed E-state index contributed by atoms with van der Waals surface area (Å²) in [5.74, 6) is -1.69. The second kappa shape index (κ2) is 9.29. The molecule has 0 spiro atoms. The van der Waals surface area contributed by atoms with E-state index in [9.17, 15) is 22.8 Å². The molecule has 3 rings (SSSR count). The van der Waals surface area contributed by atoms with Gasteiger partial charge in [-0.15, -0.1) is 0 Å². The maximum Gasteiger partial charge on any atom is 0.389 e. The van der Waals surface area contributed by atoms with Crippen LogP contribution < -0.4 is 5.32 Å². The molecule has 0 radical (unpaired) electrons. The molecule has 0 saturated carbocycles. The standard InChI is InChI=1S/C24H23F3N2O2/c1-15(2)29-22(30)13-20(14-24(25,26)27)16-5-7-17(8-6-16)23(31)19-9-10-21-18(12-19)4-3-11-28-21/h3-12,15,20H,13-14H2,1-2H3,(H,29,30). The minimum atomic E-state index is -4.41. The maximum atomic E-state index is 13.1. The van der Waals surface area contributed by atoms with Gasteiger partial charge in [-0.05, 0) is 43.7 Å². The fraction of sp³-hybridized carbons (Fsp3) is 0.292. The normalized spacial score (nSPS) is 12.7. The summed E-state index contributed by atoms with van der Waals surface area (Å²) >= 11 is 0. The van der Waals surface area contributed by atoms with E-state index in [2.05, 4.69) is 10.3 Å². The van der Waals surface area contributed by atoms with Crippen molar-refractivity contribution in [1.82, 2.24) is 10.3 Å². The number of pyridine rings is 1. The molecule has 7 heteroatoms. The number of hydrogen-bond acceptors (Lipinski definition) is 3. The fourth-order valence-electron chi connectivity index (χ4n) is 3.48. The number of halogens is 3. The lowest BCUT2D eigenvalue weighted by Crippen LogP contribution is -2.32. The van der Waals surface area contributed by atoms with Gasteiger partial charge in [-0.25, -0.2) is 0 Å². The fourth-order valence-corrected chi connectivity index (χ4v) is 3.48. The zero-order chi connectivity index (χ0) is 22.6. The highest BCUT2D eigenvalue weighted by molar-refractivity contribution is 6.10. The van der Waals surface area contributed by atoms with Crippen LogP contribution in [0.25, 0.3) is 10.9 Å². The van der Waals surface area contributed by atoms with Gasteiger partial charge in [0.25, 0.3) is 0 Å². The van der Waals surface area contributed by atoms with E-state index in [0.29, 0.717) is 16.7 Å². The first-order valence-corrected chi connectivity index (χ1v) is 9.98. The predicted octanol–water partition coefficient (Wildman–Crippen LogP) is 5.42. The zero-order valence-corrected chi connectivity index (χ0v) is 17.2. The molecule has 0 aliphatic rings. The Morgan fingerprint density at radius 1 is 1.00 bits per heavy atom. The SMILES string of the molecule is CC(C)NC(=O)CC(CC(F)(F)F)c1ccc(C(=O)c2ccc3ncccc3c2)cc1. The van der Waals surface area contributed by atoms with E-state index in [4.69, 9.17) is 0 Å². The smallest absolute Gasteiger partial charge is 0.354 e. The summed E-state index contributed by atoms with van der Waals surface area (Å²) in [6, 6.07) is 14.6. The highest BCUT2D eigenvalue weighted by Gasteiger charge is 2.33. The van der Waals surface area contributed by atoms with Crippen LogP contribution in [0.2, 0.25) is 0 Å². The largest absolute Gasteiger partial charge is 0.389 e. The molecular weight excluding hydrogens is 405 g/mol. The molecule has 0 aliphatic heterocycles. The van der Waals surface area contributed by atoms with Crippen molar-refractivity contribution in [1.29, 1.82) is 0 Å². The summed E-state index contributed by atoms with van der Waals surface area (Å²) in [4.78, 5) is 29.1. The number of nitrogens with zero attached hydrogens (tertiary/aromatic N) is 1. The average Bonchev–Trinajstić information content (AvgIpc) is 2.71. The Hall–Kier alpha value is -3.22. The third-order valence-electron chi connectivity index (χ3n) is 4.87. The highest BCUT2D eigenvalue weighted by Crippen LogP contribution is 2.34. The summed E-state index contributed by atoms with van der Waals surface area (Å²) in [6.45, 7) is 3.50. The molecule has 4 nitrogen and oxygen atoms in total. The molecule has 0 aliphatic carbocycles. The summed E-state index contributed by atoms with van der Waals surface area (Å²) < 4.78 is 39.2. The van der Waals surface area contributed by atoms with Crippen LogP contribution in [0.15, 0.2) is 60.8 Å². The molecule has 2 aromatic carbocycles. The maximum absolute atomic E-state index is 13.1. The van der Waals surface area contributed by atoms with Gasteiger partial charge in [-0.2, -0.15) is 13.2 Å². The summed E-state index contributed by atoms with van der Waals surface area (Å²) in [6.07, 6.45) is -4.12. The average molecular weight is 428 g/mol. The molecule has 1 atom stereocenters. The van der Waals surface area contributed by atoms with Crippen LogP contribution in [0.5, 0.6) is 0 Å². The number of carbonyl (C=O) groups is 2. The van der Waals surface area contributed by atoms with Crippen molar-refractivity contribution in [3.63, 3.8) is 0 Å². The summed E-state index contributed by atoms with van der Waals surface area (Å²) in [5, 5.41) is 3.45. The van der Waals surface area contributed by atoms with Gasteiger partial charge in [0.1, 0.15) is 0 Å². The summed E-state index contributed by atoms with van der Waals surface area (Å²) in [7, 11) is 0. The zero-order valence-electron chi connectivity index (χ0n) is 17.2. The van der Waals surface area contributed by atoms with Gasteiger partial charge in [0.2, 0.25) is 5.91 Å². The Labute approximate surface area is 178 Å². The van der Waals surface area contributed by atoms with E-state index in [1.165, 1.54) is 24.3 Å². The lowest BCUT2D eigenvalue weighted by Gasteiger charge is -2.20. The van der Waals surface area contributed by atoms with Crippen LogP contribution >= 0.6 is 0 Å². The number of benzene rings is 2. The van der Waals surface area contributed by atoms with E-state index in [1.807, 2.05) is 6.07 Å². The van der Waals surface area contributed by atoms with Gasteiger partial charge in [0.15, 0.2) is 5.78 Å². The molecule has 1 heterocycles. The lowest BCUT2D eigenvalue weighted by atomic mass is 9.90. The van der Waals surface area contributed by atoms with Gasteiger partial charge in [-0.1, -0.05) is 30.3 Å². The number of nitrogens with one attached hydrogen (secondary N) is 1. The Bertz CT molecular complexity index is 1080. The van der Waals surface area contributed by atoms with Gasteiger partial charge in [0.05, 0.1) is 11.9 Å². The van der Waals surface area contributed by atoms with Crippen LogP contribution in [-0.2, 0) is 4.79 Å². The van der Waals surface area contributed by atoms with Gasteiger partial charge in [-0.3, -0.25) is 14.6 Å². The topological polar surface area (TPSA) is 59.1 Å². The van der Waals surface area contributed by atoms with E-state index >= 15 is 0 Å². The van der Waals surface area contributed by atoms with Crippen molar-refractivity contribution in [3.05, 3.63) is 77.5 Å². The Kier molecular flexibility index (Phi) is 6.73. The molecule has 31 heavy (non-hydrogen) atoms. The van der Waals surface area contributed by atoms with E-state index < -0.39 is 24.4 Å². The van der Waals surface area contributed by atoms with Crippen LogP contribution in [0.4, 0.5) is 13.2 Å². The van der Waals surface area contributed by atoms with Crippen molar-refractivity contribution in [3.8, 4) is 0 Å². The second-order valence-corrected chi connectivity index (χ2v) is 7.80. The number of alkyl halides is 3. The van der Waals surface area contributed by atoms with Crippen molar-refractivity contribution >= 4 is 22.6 Å². The van der Waals surface area contributed by atoms with Gasteiger partial charge in [0, 0.05) is 41.1 Å². The molecule has 3 aromatic rings. The van der Waals surface area contributed by atoms with Gasteiger partial charge < -0.3 is 5.32 Å². The van der Waals surface area contributed by atoms with Crippen molar-refractivity contribution in [2.75, 3.05) is 0 Å². The van der Waals surface area contributed by atoms with Gasteiger partial charge >= 0.3 is 6.18 Å². The molecule has 1 N–H and O–H groups in total. The van der Waals surface area contributed by atoms with Crippen LogP contribution in [0.3, 0.4) is 0 Å². The van der Waals surface area contributed by atoms with E-state index in [0.717, 1.165) is 10.9 Å². The minimum Gasteiger partial charge on any atom is -0.354 e. The molecule has 162 valence electrons. The first kappa shape index (κ1) is 22.5. The van der Waals surface area contributed by atoms with Crippen molar-refractivity contribution in [2.45, 2.75) is 44.8 Å². The number of amides is 1. The third kappa shape index (κ3) is 6.13. The first-order chi connectivity index (χ1) is 14.6. The summed E-state index contributed by atoms with van der Waals surface area (Å²) in [5.41, 5.74) is 1.97. The molecule has 1 unspecified atom stereocenters. The van der Waals surface area contributed by atoms with E-state index in [-0.39, 0.29) is 18.2 Å². The second-order valence-electron chi connectivity index (χ2n) is 7.80. The number of fused-ring (bicyclic) bond motifs is 1. The van der Waals surface area contributed by atoms with Crippen molar-refractivity contribution in [2.24, 2.45) is 0 Å². The van der Waals surface area contributed by atoms with Crippen molar-refractivity contribution < 1.29 is 22.8 Å². The lowest BCUT2D eigenvalue weighted by molar-refractivity contribution is -0.141. The van der Waals surface area contributed by atoms with Crippen LogP contribution in [-0.4, -0.2) is 28.9 Å². The Balaban J connectivity index is 1.82. The molecule has 0 bridgehead atoms. The molecule has 1 aromatic heterocycles. The number of carbonyl (C=O) groups excluding carboxylic acids is 2. The number of ketones is 1. The molecule has 1 amide bonds.